The van der Waals surface area contributed by atoms with Crippen LogP contribution in [0.1, 0.15) is 32.1 Å². The molecule has 3 N–H and O–H groups in total. The summed E-state index contributed by atoms with van der Waals surface area (Å²) in [6.45, 7) is 0.101. The molecular weight excluding hydrogens is 242 g/mol. The van der Waals surface area contributed by atoms with Crippen molar-refractivity contribution in [3.8, 4) is 0 Å². The summed E-state index contributed by atoms with van der Waals surface area (Å²) < 4.78 is 0. The molecule has 19 heavy (non-hydrogen) atoms. The maximum Gasteiger partial charge on any atom is 0.241 e. The predicted molar refractivity (Wildman–Crippen MR) is 73.2 cm³/mol. The van der Waals surface area contributed by atoms with Crippen LogP contribution >= 0.6 is 0 Å². The summed E-state index contributed by atoms with van der Waals surface area (Å²) in [7, 11) is 3.39. The first kappa shape index (κ1) is 14.3. The summed E-state index contributed by atoms with van der Waals surface area (Å²) >= 11 is 0. The molecule has 2 atom stereocenters. The Morgan fingerprint density at radius 3 is 2.32 bits per heavy atom. The average molecular weight is 267 g/mol. The molecule has 0 aliphatic heterocycles. The second-order valence-electron chi connectivity index (χ2n) is 6.20. The second-order valence-corrected chi connectivity index (χ2v) is 6.20. The van der Waals surface area contributed by atoms with E-state index in [4.69, 9.17) is 5.73 Å². The maximum atomic E-state index is 12.1. The molecule has 5 nitrogen and oxygen atoms in total. The Labute approximate surface area is 114 Å². The van der Waals surface area contributed by atoms with Crippen molar-refractivity contribution in [2.75, 3.05) is 20.6 Å². The minimum absolute atomic E-state index is 0.0269. The van der Waals surface area contributed by atoms with Crippen LogP contribution in [0.3, 0.4) is 0 Å². The fourth-order valence-electron chi connectivity index (χ4n) is 3.47. The van der Waals surface area contributed by atoms with Crippen LogP contribution in [0.2, 0.25) is 0 Å². The summed E-state index contributed by atoms with van der Waals surface area (Å²) in [4.78, 5) is 25.1. The van der Waals surface area contributed by atoms with Crippen LogP contribution in [0.4, 0.5) is 0 Å². The van der Waals surface area contributed by atoms with Gasteiger partial charge in [-0.3, -0.25) is 9.59 Å². The van der Waals surface area contributed by atoms with Gasteiger partial charge in [0.25, 0.3) is 0 Å². The Hall–Kier alpha value is -1.10. The lowest BCUT2D eigenvalue weighted by Crippen LogP contribution is -2.49. The van der Waals surface area contributed by atoms with Gasteiger partial charge in [-0.25, -0.2) is 0 Å². The number of fused-ring (bicyclic) bond motifs is 2. The molecule has 2 fully saturated rings. The van der Waals surface area contributed by atoms with Crippen molar-refractivity contribution in [1.82, 2.24) is 10.2 Å². The summed E-state index contributed by atoms with van der Waals surface area (Å²) in [6, 6.07) is 0.279. The third kappa shape index (κ3) is 3.26. The Morgan fingerprint density at radius 2 is 1.79 bits per heavy atom. The highest BCUT2D eigenvalue weighted by Gasteiger charge is 2.40. The first-order chi connectivity index (χ1) is 8.99. The van der Waals surface area contributed by atoms with Crippen LogP contribution < -0.4 is 11.1 Å². The monoisotopic (exact) mass is 267 g/mol. The zero-order valence-corrected chi connectivity index (χ0v) is 11.9. The average Bonchev–Trinajstić information content (AvgIpc) is 2.34. The fraction of sp³-hybridized carbons (Fsp3) is 0.857. The molecule has 5 heteroatoms. The van der Waals surface area contributed by atoms with Gasteiger partial charge in [0.05, 0.1) is 6.54 Å². The van der Waals surface area contributed by atoms with E-state index in [-0.39, 0.29) is 30.3 Å². The Morgan fingerprint density at radius 1 is 1.21 bits per heavy atom. The molecule has 2 aliphatic rings. The molecule has 0 saturated heterocycles. The topological polar surface area (TPSA) is 75.4 Å². The molecule has 2 amide bonds. The van der Waals surface area contributed by atoms with Crippen molar-refractivity contribution in [2.24, 2.45) is 23.5 Å². The van der Waals surface area contributed by atoms with Gasteiger partial charge < -0.3 is 16.0 Å². The van der Waals surface area contributed by atoms with Crippen LogP contribution in [-0.4, -0.2) is 43.4 Å². The molecule has 0 aromatic heterocycles. The highest BCUT2D eigenvalue weighted by atomic mass is 16.2. The lowest BCUT2D eigenvalue weighted by atomic mass is 9.65. The third-order valence-electron chi connectivity index (χ3n) is 4.70. The van der Waals surface area contributed by atoms with Crippen molar-refractivity contribution in [3.05, 3.63) is 0 Å². The van der Waals surface area contributed by atoms with Gasteiger partial charge in [0, 0.05) is 26.1 Å². The zero-order chi connectivity index (χ0) is 14.0. The van der Waals surface area contributed by atoms with E-state index in [2.05, 4.69) is 5.32 Å². The summed E-state index contributed by atoms with van der Waals surface area (Å²) in [5, 5.41) is 2.77. The molecule has 108 valence electrons. The lowest BCUT2D eigenvalue weighted by molar-refractivity contribution is -0.133. The van der Waals surface area contributed by atoms with Crippen molar-refractivity contribution in [1.29, 1.82) is 0 Å². The van der Waals surface area contributed by atoms with Gasteiger partial charge in [-0.2, -0.15) is 0 Å². The van der Waals surface area contributed by atoms with Crippen molar-refractivity contribution in [3.63, 3.8) is 0 Å². The molecule has 2 rings (SSSR count). The summed E-state index contributed by atoms with van der Waals surface area (Å²) in [5.41, 5.74) is 6.22. The Balaban J connectivity index is 1.85. The van der Waals surface area contributed by atoms with Gasteiger partial charge in [-0.05, 0) is 37.5 Å². The van der Waals surface area contributed by atoms with Crippen molar-refractivity contribution < 1.29 is 9.59 Å². The highest BCUT2D eigenvalue weighted by Crippen LogP contribution is 2.41. The molecule has 0 radical (unpaired) electrons. The van der Waals surface area contributed by atoms with Crippen molar-refractivity contribution >= 4 is 11.8 Å². The fourth-order valence-corrected chi connectivity index (χ4v) is 3.47. The summed E-state index contributed by atoms with van der Waals surface area (Å²) in [5.74, 6) is 0.991. The quantitative estimate of drug-likeness (QED) is 0.774. The molecule has 2 bridgehead atoms. The standard InChI is InChI=1S/C14H25N3O2/c1-17(2)12(18)8-16-14(19)11-6-9-4-3-5-10(7-11)13(9)15/h9-11,13H,3-8,15H2,1-2H3,(H,16,19). The number of carbonyl (C=O) groups excluding carboxylic acids is 2. The van der Waals surface area contributed by atoms with Crippen LogP contribution in [0, 0.1) is 17.8 Å². The van der Waals surface area contributed by atoms with Crippen molar-refractivity contribution in [2.45, 2.75) is 38.1 Å². The van der Waals surface area contributed by atoms with Gasteiger partial charge in [-0.1, -0.05) is 6.42 Å². The number of nitrogens with one attached hydrogen (secondary N) is 1. The Bertz CT molecular complexity index is 343. The number of rotatable bonds is 3. The number of nitrogens with two attached hydrogens (primary N) is 1. The zero-order valence-electron chi connectivity index (χ0n) is 11.9. The number of carbonyl (C=O) groups is 2. The molecule has 0 spiro atoms. The van der Waals surface area contributed by atoms with E-state index in [1.165, 1.54) is 11.3 Å². The minimum atomic E-state index is -0.0685. The minimum Gasteiger partial charge on any atom is -0.347 e. The number of hydrogen-bond acceptors (Lipinski definition) is 3. The molecule has 2 saturated carbocycles. The molecule has 2 unspecified atom stereocenters. The van der Waals surface area contributed by atoms with Gasteiger partial charge in [-0.15, -0.1) is 0 Å². The van der Waals surface area contributed by atoms with E-state index in [0.29, 0.717) is 11.8 Å². The van der Waals surface area contributed by atoms with Gasteiger partial charge in [0.1, 0.15) is 0 Å². The van der Waals surface area contributed by atoms with Crippen LogP contribution in [0.15, 0.2) is 0 Å². The predicted octanol–water partition coefficient (Wildman–Crippen LogP) is 0.344. The van der Waals surface area contributed by atoms with Crippen LogP contribution in [-0.2, 0) is 9.59 Å². The smallest absolute Gasteiger partial charge is 0.241 e. The van der Waals surface area contributed by atoms with E-state index in [9.17, 15) is 9.59 Å². The normalized spacial score (nSPS) is 33.6. The lowest BCUT2D eigenvalue weighted by Gasteiger charge is -2.43. The molecule has 2 aliphatic carbocycles. The maximum absolute atomic E-state index is 12.1. The van der Waals surface area contributed by atoms with Crippen LogP contribution in [0.5, 0.6) is 0 Å². The summed E-state index contributed by atoms with van der Waals surface area (Å²) in [6.07, 6.45) is 5.33. The number of hydrogen-bond donors (Lipinski definition) is 2. The van der Waals surface area contributed by atoms with Gasteiger partial charge in [0.15, 0.2) is 0 Å². The molecule has 0 aromatic rings. The SMILES string of the molecule is CN(C)C(=O)CNC(=O)C1CC2CCCC(C1)C2N. The van der Waals surface area contributed by atoms with Gasteiger partial charge in [0.2, 0.25) is 11.8 Å². The first-order valence-electron chi connectivity index (χ1n) is 7.22. The largest absolute Gasteiger partial charge is 0.347 e. The second kappa shape index (κ2) is 5.90. The van der Waals surface area contributed by atoms with Gasteiger partial charge >= 0.3 is 0 Å². The molecular formula is C14H25N3O2. The van der Waals surface area contributed by atoms with E-state index in [0.717, 1.165) is 25.7 Å². The molecule has 0 aromatic carbocycles. The Kier molecular flexibility index (Phi) is 4.45. The number of amides is 2. The number of nitrogens with zero attached hydrogens (tertiary/aromatic N) is 1. The number of likely N-dealkylation sites (N-methyl/N-ethyl adjacent to an activating group) is 1. The third-order valence-corrected chi connectivity index (χ3v) is 4.70. The molecule has 0 heterocycles. The highest BCUT2D eigenvalue weighted by molar-refractivity contribution is 5.85. The van der Waals surface area contributed by atoms with E-state index in [1.54, 1.807) is 14.1 Å². The van der Waals surface area contributed by atoms with E-state index < -0.39 is 0 Å². The van der Waals surface area contributed by atoms with E-state index >= 15 is 0 Å². The van der Waals surface area contributed by atoms with E-state index in [1.807, 2.05) is 0 Å². The van der Waals surface area contributed by atoms with Crippen LogP contribution in [0.25, 0.3) is 0 Å². The first-order valence-corrected chi connectivity index (χ1v) is 7.22.